The number of hydrogen-bond acceptors (Lipinski definition) is 3. The second-order valence-corrected chi connectivity index (χ2v) is 5.60. The van der Waals surface area contributed by atoms with Crippen LogP contribution in [0.5, 0.6) is 0 Å². The van der Waals surface area contributed by atoms with E-state index in [9.17, 15) is 14.7 Å². The van der Waals surface area contributed by atoms with Gasteiger partial charge in [-0.1, -0.05) is 29.8 Å². The summed E-state index contributed by atoms with van der Waals surface area (Å²) in [6.45, 7) is 0. The molecule has 0 radical (unpaired) electrons. The molecule has 0 aliphatic heterocycles. The summed E-state index contributed by atoms with van der Waals surface area (Å²) in [4.78, 5) is 23.1. The fourth-order valence-corrected chi connectivity index (χ4v) is 2.87. The quantitative estimate of drug-likeness (QED) is 0.822. The van der Waals surface area contributed by atoms with Gasteiger partial charge < -0.3 is 10.2 Å². The fourth-order valence-electron chi connectivity index (χ4n) is 1.92. The molecule has 2 aromatic rings. The van der Waals surface area contributed by atoms with Crippen LogP contribution in [0, 0.1) is 0 Å². The first-order chi connectivity index (χ1) is 9.99. The highest BCUT2D eigenvalue weighted by Crippen LogP contribution is 2.32. The Morgan fingerprint density at radius 3 is 2.24 bits per heavy atom. The van der Waals surface area contributed by atoms with Crippen molar-refractivity contribution in [2.24, 2.45) is 0 Å². The van der Waals surface area contributed by atoms with E-state index in [4.69, 9.17) is 16.7 Å². The minimum Gasteiger partial charge on any atom is -0.481 e. The number of thiophene rings is 1. The zero-order chi connectivity index (χ0) is 15.4. The van der Waals surface area contributed by atoms with Gasteiger partial charge in [-0.25, -0.2) is 4.79 Å². The van der Waals surface area contributed by atoms with Crippen LogP contribution in [0.1, 0.15) is 16.9 Å². The lowest BCUT2D eigenvalue weighted by Crippen LogP contribution is -2.10. The molecule has 0 aliphatic carbocycles. The molecule has 0 spiro atoms. The maximum atomic E-state index is 11.5. The van der Waals surface area contributed by atoms with Gasteiger partial charge in [-0.3, -0.25) is 4.79 Å². The average Bonchev–Trinajstić information content (AvgIpc) is 2.93. The topological polar surface area (TPSA) is 74.6 Å². The van der Waals surface area contributed by atoms with E-state index in [-0.39, 0.29) is 5.57 Å². The third-order valence-electron chi connectivity index (χ3n) is 2.79. The van der Waals surface area contributed by atoms with Crippen molar-refractivity contribution in [2.75, 3.05) is 0 Å². The summed E-state index contributed by atoms with van der Waals surface area (Å²) in [5, 5.41) is 20.7. The van der Waals surface area contributed by atoms with Crippen molar-refractivity contribution < 1.29 is 19.8 Å². The van der Waals surface area contributed by atoms with E-state index in [1.54, 1.807) is 36.4 Å². The molecule has 0 atom stereocenters. The molecule has 4 nitrogen and oxygen atoms in total. The molecule has 0 fully saturated rings. The Kier molecular flexibility index (Phi) is 4.77. The fraction of sp³-hybridized carbons (Fsp3) is 0.0667. The molecule has 0 unspecified atom stereocenters. The Hall–Kier alpha value is -2.11. The van der Waals surface area contributed by atoms with Crippen LogP contribution in [0.4, 0.5) is 0 Å². The van der Waals surface area contributed by atoms with Gasteiger partial charge in [0.25, 0.3) is 0 Å². The maximum absolute atomic E-state index is 11.5. The van der Waals surface area contributed by atoms with Gasteiger partial charge in [0, 0.05) is 15.5 Å². The molecule has 2 rings (SSSR count). The second kappa shape index (κ2) is 6.56. The lowest BCUT2D eigenvalue weighted by atomic mass is 9.96. The van der Waals surface area contributed by atoms with E-state index in [0.717, 1.165) is 0 Å². The predicted octanol–water partition coefficient (Wildman–Crippen LogP) is 3.76. The van der Waals surface area contributed by atoms with Gasteiger partial charge in [-0.2, -0.15) is 0 Å². The largest absolute Gasteiger partial charge is 0.481 e. The monoisotopic (exact) mass is 322 g/mol. The van der Waals surface area contributed by atoms with Crippen molar-refractivity contribution >= 4 is 40.4 Å². The van der Waals surface area contributed by atoms with Crippen LogP contribution >= 0.6 is 22.9 Å². The summed E-state index contributed by atoms with van der Waals surface area (Å²) < 4.78 is 0. The molecule has 0 saturated heterocycles. The van der Waals surface area contributed by atoms with Crippen molar-refractivity contribution in [2.45, 2.75) is 6.42 Å². The van der Waals surface area contributed by atoms with Crippen LogP contribution in [0.15, 0.2) is 47.4 Å². The zero-order valence-electron chi connectivity index (χ0n) is 10.7. The summed E-state index contributed by atoms with van der Waals surface area (Å²) in [5.74, 6) is -2.42. The molecule has 0 saturated carbocycles. The van der Waals surface area contributed by atoms with Gasteiger partial charge in [0.15, 0.2) is 0 Å². The molecule has 1 heterocycles. The highest BCUT2D eigenvalue weighted by molar-refractivity contribution is 7.11. The van der Waals surface area contributed by atoms with Gasteiger partial charge in [-0.15, -0.1) is 11.3 Å². The van der Waals surface area contributed by atoms with E-state index >= 15 is 0 Å². The van der Waals surface area contributed by atoms with E-state index in [1.165, 1.54) is 11.3 Å². The molecule has 2 N–H and O–H groups in total. The number of benzene rings is 1. The number of carbonyl (C=O) groups is 2. The Labute approximate surface area is 129 Å². The van der Waals surface area contributed by atoms with Crippen LogP contribution in [-0.2, 0) is 9.59 Å². The second-order valence-electron chi connectivity index (χ2n) is 4.21. The average molecular weight is 323 g/mol. The van der Waals surface area contributed by atoms with E-state index in [2.05, 4.69) is 0 Å². The third-order valence-corrected chi connectivity index (χ3v) is 3.93. The van der Waals surface area contributed by atoms with Crippen molar-refractivity contribution in [3.8, 4) is 0 Å². The van der Waals surface area contributed by atoms with E-state index < -0.39 is 18.4 Å². The molecule has 108 valence electrons. The molecule has 6 heteroatoms. The predicted molar refractivity (Wildman–Crippen MR) is 81.7 cm³/mol. The van der Waals surface area contributed by atoms with Crippen molar-refractivity contribution in [3.63, 3.8) is 0 Å². The van der Waals surface area contributed by atoms with Crippen LogP contribution in [-0.4, -0.2) is 22.2 Å². The lowest BCUT2D eigenvalue weighted by Gasteiger charge is -2.11. The minimum absolute atomic E-state index is 0.146. The molecule has 0 amide bonds. The summed E-state index contributed by atoms with van der Waals surface area (Å²) >= 11 is 7.20. The SMILES string of the molecule is O=C(O)CC(C(=O)O)=C(c1ccc(Cl)cc1)c1cccs1. The van der Waals surface area contributed by atoms with Crippen LogP contribution in [0.2, 0.25) is 5.02 Å². The van der Waals surface area contributed by atoms with Crippen LogP contribution in [0.3, 0.4) is 0 Å². The lowest BCUT2D eigenvalue weighted by molar-refractivity contribution is -0.139. The van der Waals surface area contributed by atoms with Crippen LogP contribution < -0.4 is 0 Å². The minimum atomic E-state index is -1.24. The number of halogens is 1. The highest BCUT2D eigenvalue weighted by Gasteiger charge is 2.21. The van der Waals surface area contributed by atoms with Gasteiger partial charge in [0.2, 0.25) is 0 Å². The molecule has 0 aliphatic rings. The van der Waals surface area contributed by atoms with Gasteiger partial charge in [-0.05, 0) is 29.1 Å². The van der Waals surface area contributed by atoms with Crippen molar-refractivity contribution in [1.29, 1.82) is 0 Å². The first-order valence-corrected chi connectivity index (χ1v) is 7.23. The molecular weight excluding hydrogens is 312 g/mol. The standard InChI is InChI=1S/C15H11ClO4S/c16-10-5-3-9(4-6-10)14(12-2-1-7-21-12)11(15(19)20)8-13(17)18/h1-7H,8H2,(H,17,18)(H,19,20). The van der Waals surface area contributed by atoms with Gasteiger partial charge in [0.1, 0.15) is 0 Å². The molecule has 0 bridgehead atoms. The van der Waals surface area contributed by atoms with Crippen molar-refractivity contribution in [1.82, 2.24) is 0 Å². The first-order valence-electron chi connectivity index (χ1n) is 5.97. The number of carboxylic acid groups (broad SMARTS) is 2. The molecule has 1 aromatic heterocycles. The number of hydrogen-bond donors (Lipinski definition) is 2. The summed E-state index contributed by atoms with van der Waals surface area (Å²) in [7, 11) is 0. The molecular formula is C15H11ClO4S. The van der Waals surface area contributed by atoms with Crippen molar-refractivity contribution in [3.05, 3.63) is 62.8 Å². The summed E-state index contributed by atoms with van der Waals surface area (Å²) in [5.41, 5.74) is 0.893. The zero-order valence-corrected chi connectivity index (χ0v) is 12.3. The summed E-state index contributed by atoms with van der Waals surface area (Å²) in [6.07, 6.45) is -0.550. The Bertz CT molecular complexity index is 687. The van der Waals surface area contributed by atoms with Crippen LogP contribution in [0.25, 0.3) is 5.57 Å². The molecule has 21 heavy (non-hydrogen) atoms. The number of aliphatic carboxylic acids is 2. The molecule has 1 aromatic carbocycles. The normalized spacial score (nSPS) is 11.9. The number of carboxylic acids is 2. The Balaban J connectivity index is 2.67. The van der Waals surface area contributed by atoms with E-state index in [0.29, 0.717) is 21.0 Å². The van der Waals surface area contributed by atoms with Gasteiger partial charge >= 0.3 is 11.9 Å². The van der Waals surface area contributed by atoms with Gasteiger partial charge in [0.05, 0.1) is 12.0 Å². The number of rotatable bonds is 5. The maximum Gasteiger partial charge on any atom is 0.332 e. The smallest absolute Gasteiger partial charge is 0.332 e. The third kappa shape index (κ3) is 3.71. The van der Waals surface area contributed by atoms with E-state index in [1.807, 2.05) is 5.38 Å². The Morgan fingerprint density at radius 2 is 1.76 bits per heavy atom. The highest BCUT2D eigenvalue weighted by atomic mass is 35.5. The summed E-state index contributed by atoms with van der Waals surface area (Å²) in [6, 6.07) is 10.2. The first kappa shape index (κ1) is 15.3. The Morgan fingerprint density at radius 1 is 1.10 bits per heavy atom.